The summed E-state index contributed by atoms with van der Waals surface area (Å²) in [6.45, 7) is 2.01. The quantitative estimate of drug-likeness (QED) is 0.639. The summed E-state index contributed by atoms with van der Waals surface area (Å²) in [7, 11) is -3.72. The highest BCUT2D eigenvalue weighted by atomic mass is 35.5. The van der Waals surface area contributed by atoms with Crippen LogP contribution >= 0.6 is 11.6 Å². The van der Waals surface area contributed by atoms with E-state index in [9.17, 15) is 18.0 Å². The molecule has 1 heterocycles. The Morgan fingerprint density at radius 1 is 1.16 bits per heavy atom. The number of benzene rings is 2. The molecule has 32 heavy (non-hydrogen) atoms. The van der Waals surface area contributed by atoms with Crippen molar-refractivity contribution in [2.24, 2.45) is 0 Å². The number of nitrogens with one attached hydrogen (secondary N) is 1. The molecule has 1 N–H and O–H groups in total. The average Bonchev–Trinajstić information content (AvgIpc) is 2.78. The van der Waals surface area contributed by atoms with E-state index >= 15 is 0 Å². The van der Waals surface area contributed by atoms with E-state index in [0.717, 1.165) is 19.3 Å². The van der Waals surface area contributed by atoms with Crippen LogP contribution in [0.15, 0.2) is 41.3 Å². The number of piperidine rings is 1. The molecular formula is C22H22ClN3O5S. The van der Waals surface area contributed by atoms with Crippen molar-refractivity contribution < 1.29 is 22.7 Å². The number of sulfonamides is 1. The van der Waals surface area contributed by atoms with Crippen molar-refractivity contribution >= 4 is 39.2 Å². The predicted molar refractivity (Wildman–Crippen MR) is 119 cm³/mol. The minimum absolute atomic E-state index is 0.0420. The second-order valence-electron chi connectivity index (χ2n) is 7.38. The zero-order chi connectivity index (χ0) is 23.3. The van der Waals surface area contributed by atoms with Gasteiger partial charge in [0.2, 0.25) is 10.0 Å². The van der Waals surface area contributed by atoms with Gasteiger partial charge in [0.25, 0.3) is 5.91 Å². The molecule has 0 unspecified atom stereocenters. The number of carbonyl (C=O) groups is 2. The fraction of sp³-hybridized carbons (Fsp3) is 0.318. The van der Waals surface area contributed by atoms with Gasteiger partial charge in [-0.25, -0.2) is 13.2 Å². The predicted octanol–water partition coefficient (Wildman–Crippen LogP) is 3.49. The first-order valence-electron chi connectivity index (χ1n) is 10.00. The summed E-state index contributed by atoms with van der Waals surface area (Å²) in [5.41, 5.74) is 1.19. The Labute approximate surface area is 191 Å². The normalized spacial score (nSPS) is 14.4. The minimum Gasteiger partial charge on any atom is -0.452 e. The topological polar surface area (TPSA) is 117 Å². The van der Waals surface area contributed by atoms with E-state index in [1.165, 1.54) is 34.6 Å². The summed E-state index contributed by atoms with van der Waals surface area (Å²) in [5, 5.41) is 11.6. The third kappa shape index (κ3) is 5.46. The molecule has 0 bridgehead atoms. The van der Waals surface area contributed by atoms with E-state index in [-0.39, 0.29) is 21.0 Å². The highest BCUT2D eigenvalue weighted by Crippen LogP contribution is 2.25. The molecule has 2 aromatic carbocycles. The van der Waals surface area contributed by atoms with Gasteiger partial charge in [-0.15, -0.1) is 0 Å². The molecule has 0 saturated carbocycles. The number of rotatable bonds is 6. The van der Waals surface area contributed by atoms with Crippen LogP contribution in [0.1, 0.15) is 40.7 Å². The van der Waals surface area contributed by atoms with Gasteiger partial charge in [-0.3, -0.25) is 4.79 Å². The lowest BCUT2D eigenvalue weighted by Crippen LogP contribution is -2.36. The lowest BCUT2D eigenvalue weighted by atomic mass is 10.1. The number of aryl methyl sites for hydroxylation is 1. The average molecular weight is 476 g/mol. The van der Waals surface area contributed by atoms with Gasteiger partial charge in [-0.1, -0.05) is 24.1 Å². The Bertz CT molecular complexity index is 1180. The van der Waals surface area contributed by atoms with Crippen molar-refractivity contribution in [3.63, 3.8) is 0 Å². The first-order valence-corrected chi connectivity index (χ1v) is 11.8. The summed E-state index contributed by atoms with van der Waals surface area (Å²) < 4.78 is 32.5. The number of nitrogens with zero attached hydrogens (tertiary/aromatic N) is 2. The number of hydrogen-bond donors (Lipinski definition) is 1. The highest BCUT2D eigenvalue weighted by Gasteiger charge is 2.28. The molecule has 8 nitrogen and oxygen atoms in total. The first kappa shape index (κ1) is 23.7. The number of anilines is 1. The lowest BCUT2D eigenvalue weighted by molar-refractivity contribution is -0.119. The van der Waals surface area contributed by atoms with E-state index in [2.05, 4.69) is 5.32 Å². The van der Waals surface area contributed by atoms with Crippen LogP contribution in [-0.4, -0.2) is 44.3 Å². The number of carbonyl (C=O) groups excluding carboxylic acids is 2. The number of amides is 1. The summed E-state index contributed by atoms with van der Waals surface area (Å²) in [6, 6.07) is 10.6. The van der Waals surface area contributed by atoms with Crippen LogP contribution in [0.4, 0.5) is 5.69 Å². The summed E-state index contributed by atoms with van der Waals surface area (Å²) >= 11 is 5.93. The van der Waals surface area contributed by atoms with Gasteiger partial charge in [0.1, 0.15) is 6.07 Å². The Kier molecular flexibility index (Phi) is 7.51. The van der Waals surface area contributed by atoms with Gasteiger partial charge in [-0.2, -0.15) is 9.57 Å². The molecule has 3 rings (SSSR count). The smallest absolute Gasteiger partial charge is 0.338 e. The molecule has 1 saturated heterocycles. The molecule has 0 aromatic heterocycles. The first-order chi connectivity index (χ1) is 15.2. The van der Waals surface area contributed by atoms with Crippen LogP contribution in [-0.2, 0) is 19.6 Å². The maximum Gasteiger partial charge on any atom is 0.338 e. The van der Waals surface area contributed by atoms with E-state index < -0.39 is 28.5 Å². The van der Waals surface area contributed by atoms with Gasteiger partial charge in [0, 0.05) is 18.8 Å². The van der Waals surface area contributed by atoms with Crippen LogP contribution in [0.3, 0.4) is 0 Å². The lowest BCUT2D eigenvalue weighted by Gasteiger charge is -2.26. The molecule has 0 atom stereocenters. The maximum atomic E-state index is 13.0. The summed E-state index contributed by atoms with van der Waals surface area (Å²) in [5.74, 6) is -1.42. The second-order valence-corrected chi connectivity index (χ2v) is 9.69. The molecule has 0 aliphatic carbocycles. The van der Waals surface area contributed by atoms with Crippen molar-refractivity contribution in [1.29, 1.82) is 5.26 Å². The zero-order valence-corrected chi connectivity index (χ0v) is 19.0. The Morgan fingerprint density at radius 2 is 1.88 bits per heavy atom. The Hall–Kier alpha value is -2.93. The fourth-order valence-corrected chi connectivity index (χ4v) is 5.34. The van der Waals surface area contributed by atoms with Crippen molar-refractivity contribution in [2.75, 3.05) is 25.0 Å². The van der Waals surface area contributed by atoms with E-state index in [4.69, 9.17) is 21.6 Å². The maximum absolute atomic E-state index is 13.0. The molecule has 2 aromatic rings. The third-order valence-electron chi connectivity index (χ3n) is 5.06. The third-order valence-corrected chi connectivity index (χ3v) is 7.42. The van der Waals surface area contributed by atoms with Crippen LogP contribution in [0.25, 0.3) is 0 Å². The molecular weight excluding hydrogens is 454 g/mol. The number of halogens is 1. The van der Waals surface area contributed by atoms with Crippen LogP contribution in [0.5, 0.6) is 0 Å². The number of nitriles is 1. The van der Waals surface area contributed by atoms with Crippen molar-refractivity contribution in [3.8, 4) is 6.07 Å². The van der Waals surface area contributed by atoms with E-state index in [0.29, 0.717) is 24.3 Å². The number of hydrogen-bond acceptors (Lipinski definition) is 6. The van der Waals surface area contributed by atoms with Crippen molar-refractivity contribution in [1.82, 2.24) is 4.31 Å². The SMILES string of the molecule is Cc1ccc(C(=O)OCC(=O)Nc2ccc(C#N)c(Cl)c2)cc1S(=O)(=O)N1CCCCC1. The van der Waals surface area contributed by atoms with Crippen molar-refractivity contribution in [3.05, 3.63) is 58.1 Å². The molecule has 1 aliphatic heterocycles. The Balaban J connectivity index is 1.66. The Morgan fingerprint density at radius 3 is 2.53 bits per heavy atom. The standard InChI is InChI=1S/C22H22ClN3O5S/c1-15-5-6-16(11-20(15)32(29,30)26-9-3-2-4-10-26)22(28)31-14-21(27)25-18-8-7-17(13-24)19(23)12-18/h5-8,11-12H,2-4,9-10,14H2,1H3,(H,25,27). The highest BCUT2D eigenvalue weighted by molar-refractivity contribution is 7.89. The minimum atomic E-state index is -3.72. The molecule has 0 spiro atoms. The van der Waals surface area contributed by atoms with E-state index in [1.807, 2.05) is 6.07 Å². The molecule has 0 radical (unpaired) electrons. The summed E-state index contributed by atoms with van der Waals surface area (Å²) in [4.78, 5) is 24.6. The van der Waals surface area contributed by atoms with Gasteiger partial charge in [0.05, 0.1) is 21.0 Å². The molecule has 10 heteroatoms. The monoisotopic (exact) mass is 475 g/mol. The summed E-state index contributed by atoms with van der Waals surface area (Å²) in [6.07, 6.45) is 2.60. The van der Waals surface area contributed by atoms with Crippen LogP contribution in [0.2, 0.25) is 5.02 Å². The van der Waals surface area contributed by atoms with Gasteiger partial charge < -0.3 is 10.1 Å². The van der Waals surface area contributed by atoms with Gasteiger partial charge >= 0.3 is 5.97 Å². The van der Waals surface area contributed by atoms with Crippen LogP contribution < -0.4 is 5.32 Å². The van der Waals surface area contributed by atoms with Gasteiger partial charge in [-0.05, 0) is 55.7 Å². The zero-order valence-electron chi connectivity index (χ0n) is 17.4. The molecule has 168 valence electrons. The fourth-order valence-electron chi connectivity index (χ4n) is 3.34. The molecule has 1 fully saturated rings. The number of esters is 1. The molecule has 1 aliphatic rings. The van der Waals surface area contributed by atoms with E-state index in [1.54, 1.807) is 13.0 Å². The number of ether oxygens (including phenoxy) is 1. The van der Waals surface area contributed by atoms with Crippen molar-refractivity contribution in [2.45, 2.75) is 31.1 Å². The van der Waals surface area contributed by atoms with Gasteiger partial charge in [0.15, 0.2) is 6.61 Å². The van der Waals surface area contributed by atoms with Crippen LogP contribution in [0, 0.1) is 18.3 Å². The largest absolute Gasteiger partial charge is 0.452 e. The second kappa shape index (κ2) is 10.1. The molecule has 1 amide bonds.